The van der Waals surface area contributed by atoms with E-state index in [2.05, 4.69) is 36.6 Å². The number of benzene rings is 1. The first-order valence-electron chi connectivity index (χ1n) is 4.13. The number of halogens is 2. The summed E-state index contributed by atoms with van der Waals surface area (Å²) in [6.07, 6.45) is 0. The molecule has 0 aromatic heterocycles. The highest BCUT2D eigenvalue weighted by Crippen LogP contribution is 2.40. The van der Waals surface area contributed by atoms with Crippen molar-refractivity contribution in [2.45, 2.75) is 3.42 Å². The molecule has 0 atom stereocenters. The number of methoxy groups -OCH3 is 2. The summed E-state index contributed by atoms with van der Waals surface area (Å²) in [5.74, 6) is -0.397. The second-order valence-electron chi connectivity index (χ2n) is 2.76. The van der Waals surface area contributed by atoms with Crippen molar-refractivity contribution in [3.05, 3.63) is 35.4 Å². The molecule has 0 amide bonds. The van der Waals surface area contributed by atoms with E-state index in [0.29, 0.717) is 11.1 Å². The van der Waals surface area contributed by atoms with Gasteiger partial charge in [-0.1, -0.05) is 18.2 Å². The predicted octanol–water partition coefficient (Wildman–Crippen LogP) is 3.02. The normalized spacial score (nSPS) is 11.2. The van der Waals surface area contributed by atoms with Gasteiger partial charge in [0.05, 0.1) is 12.7 Å². The maximum absolute atomic E-state index is 11.5. The molecule has 0 aliphatic rings. The molecular weight excluding hydrogens is 328 g/mol. The van der Waals surface area contributed by atoms with Gasteiger partial charge < -0.3 is 9.47 Å². The van der Waals surface area contributed by atoms with Crippen LogP contribution in [-0.4, -0.2) is 20.2 Å². The van der Waals surface area contributed by atoms with Gasteiger partial charge in [-0.05, 0) is 37.9 Å². The molecule has 3 nitrogen and oxygen atoms in total. The Bertz CT molecular complexity index is 363. The van der Waals surface area contributed by atoms with Gasteiger partial charge in [0.2, 0.25) is 3.42 Å². The molecule has 1 aromatic rings. The van der Waals surface area contributed by atoms with Crippen LogP contribution < -0.4 is 0 Å². The molecule has 0 heterocycles. The topological polar surface area (TPSA) is 35.5 Å². The van der Waals surface area contributed by atoms with E-state index in [-0.39, 0.29) is 0 Å². The highest BCUT2D eigenvalue weighted by atomic mass is 79.9. The molecule has 0 saturated heterocycles. The molecule has 1 rings (SSSR count). The molecule has 0 spiro atoms. The summed E-state index contributed by atoms with van der Waals surface area (Å²) in [5, 5.41) is 0. The van der Waals surface area contributed by atoms with Gasteiger partial charge in [0.25, 0.3) is 0 Å². The Morgan fingerprint density at radius 3 is 2.40 bits per heavy atom. The lowest BCUT2D eigenvalue weighted by atomic mass is 10.1. The third-order valence-corrected chi connectivity index (χ3v) is 3.40. The number of esters is 1. The lowest BCUT2D eigenvalue weighted by Gasteiger charge is -2.21. The minimum Gasteiger partial charge on any atom is -0.465 e. The fraction of sp³-hybridized carbons (Fsp3) is 0.300. The van der Waals surface area contributed by atoms with Crippen LogP contribution in [0.25, 0.3) is 0 Å². The van der Waals surface area contributed by atoms with Crippen molar-refractivity contribution in [1.29, 1.82) is 0 Å². The van der Waals surface area contributed by atoms with Crippen LogP contribution in [-0.2, 0) is 12.9 Å². The number of hydrogen-bond donors (Lipinski definition) is 0. The fourth-order valence-electron chi connectivity index (χ4n) is 1.13. The zero-order valence-corrected chi connectivity index (χ0v) is 11.5. The van der Waals surface area contributed by atoms with Crippen LogP contribution in [0.2, 0.25) is 0 Å². The summed E-state index contributed by atoms with van der Waals surface area (Å²) < 4.78 is 8.99. The van der Waals surface area contributed by atoms with E-state index < -0.39 is 9.39 Å². The maximum Gasteiger partial charge on any atom is 0.338 e. The Morgan fingerprint density at radius 1 is 1.27 bits per heavy atom. The van der Waals surface area contributed by atoms with Crippen LogP contribution in [0, 0.1) is 0 Å². The van der Waals surface area contributed by atoms with Gasteiger partial charge in [-0.3, -0.25) is 0 Å². The highest BCUT2D eigenvalue weighted by Gasteiger charge is 2.29. The van der Waals surface area contributed by atoms with Gasteiger partial charge in [0, 0.05) is 12.7 Å². The van der Waals surface area contributed by atoms with Crippen molar-refractivity contribution in [3.63, 3.8) is 0 Å². The summed E-state index contributed by atoms with van der Waals surface area (Å²) in [4.78, 5) is 11.5. The summed E-state index contributed by atoms with van der Waals surface area (Å²) >= 11 is 6.65. The lowest BCUT2D eigenvalue weighted by molar-refractivity contribution is 0.0594. The van der Waals surface area contributed by atoms with Gasteiger partial charge in [-0.2, -0.15) is 0 Å². The number of alkyl halides is 2. The minimum atomic E-state index is -0.870. The first-order valence-corrected chi connectivity index (χ1v) is 5.72. The number of carbonyl (C=O) groups excluding carboxylic acids is 1. The Labute approximate surface area is 105 Å². The smallest absolute Gasteiger partial charge is 0.338 e. The van der Waals surface area contributed by atoms with Crippen molar-refractivity contribution in [1.82, 2.24) is 0 Å². The summed E-state index contributed by atoms with van der Waals surface area (Å²) in [5.41, 5.74) is 1.12. The third-order valence-electron chi connectivity index (χ3n) is 1.90. The quantitative estimate of drug-likeness (QED) is 0.628. The predicted molar refractivity (Wildman–Crippen MR) is 64.3 cm³/mol. The lowest BCUT2D eigenvalue weighted by Crippen LogP contribution is -2.17. The Morgan fingerprint density at radius 2 is 1.87 bits per heavy atom. The standard InChI is InChI=1S/C10H10Br2O3/c1-14-9(13)7-5-3-4-6-8(7)10(11,12)15-2/h3-6H,1-2H3. The van der Waals surface area contributed by atoms with Crippen molar-refractivity contribution in [2.24, 2.45) is 0 Å². The van der Waals surface area contributed by atoms with Crippen LogP contribution in [0.3, 0.4) is 0 Å². The molecule has 0 aliphatic heterocycles. The molecule has 82 valence electrons. The van der Waals surface area contributed by atoms with Crippen molar-refractivity contribution in [2.75, 3.05) is 14.2 Å². The van der Waals surface area contributed by atoms with E-state index in [4.69, 9.17) is 4.74 Å². The van der Waals surface area contributed by atoms with E-state index in [1.54, 1.807) is 18.2 Å². The van der Waals surface area contributed by atoms with Crippen LogP contribution >= 0.6 is 31.9 Å². The third kappa shape index (κ3) is 2.80. The second kappa shape index (κ2) is 5.09. The van der Waals surface area contributed by atoms with Gasteiger partial charge >= 0.3 is 5.97 Å². The monoisotopic (exact) mass is 336 g/mol. The molecule has 5 heteroatoms. The van der Waals surface area contributed by atoms with E-state index in [1.807, 2.05) is 6.07 Å². The van der Waals surface area contributed by atoms with Gasteiger partial charge in [0.1, 0.15) is 0 Å². The molecule has 0 bridgehead atoms. The molecule has 15 heavy (non-hydrogen) atoms. The Kier molecular flexibility index (Phi) is 4.31. The second-order valence-corrected chi connectivity index (χ2v) is 6.06. The maximum atomic E-state index is 11.5. The fourth-order valence-corrected chi connectivity index (χ4v) is 1.83. The van der Waals surface area contributed by atoms with Crippen molar-refractivity contribution >= 4 is 37.8 Å². The van der Waals surface area contributed by atoms with Crippen LogP contribution in [0.15, 0.2) is 24.3 Å². The van der Waals surface area contributed by atoms with E-state index in [1.165, 1.54) is 14.2 Å². The van der Waals surface area contributed by atoms with Crippen LogP contribution in [0.1, 0.15) is 15.9 Å². The summed E-state index contributed by atoms with van der Waals surface area (Å²) in [6, 6.07) is 7.04. The van der Waals surface area contributed by atoms with Gasteiger partial charge in [-0.25, -0.2) is 4.79 Å². The molecular formula is C10H10Br2O3. The molecule has 1 aromatic carbocycles. The summed E-state index contributed by atoms with van der Waals surface area (Å²) in [7, 11) is 2.87. The van der Waals surface area contributed by atoms with Gasteiger partial charge in [0.15, 0.2) is 0 Å². The molecule has 0 N–H and O–H groups in total. The number of hydrogen-bond acceptors (Lipinski definition) is 3. The first-order chi connectivity index (χ1) is 7.03. The minimum absolute atomic E-state index is 0.397. The van der Waals surface area contributed by atoms with E-state index in [9.17, 15) is 4.79 Å². The van der Waals surface area contributed by atoms with Crippen molar-refractivity contribution in [3.8, 4) is 0 Å². The molecule has 0 aliphatic carbocycles. The number of ether oxygens (including phenoxy) is 2. The zero-order chi connectivity index (χ0) is 11.5. The Balaban J connectivity index is 3.23. The largest absolute Gasteiger partial charge is 0.465 e. The van der Waals surface area contributed by atoms with Crippen LogP contribution in [0.4, 0.5) is 0 Å². The SMILES string of the molecule is COC(=O)c1ccccc1C(Br)(Br)OC. The highest BCUT2D eigenvalue weighted by molar-refractivity contribution is 9.24. The van der Waals surface area contributed by atoms with E-state index in [0.717, 1.165) is 0 Å². The molecule has 0 radical (unpaired) electrons. The van der Waals surface area contributed by atoms with Gasteiger partial charge in [-0.15, -0.1) is 0 Å². The molecule has 0 unspecified atom stereocenters. The first kappa shape index (κ1) is 12.7. The summed E-state index contributed by atoms with van der Waals surface area (Å²) in [6.45, 7) is 0. The molecule has 0 saturated carbocycles. The number of carbonyl (C=O) groups is 1. The Hall–Kier alpha value is -0.390. The zero-order valence-electron chi connectivity index (χ0n) is 8.29. The van der Waals surface area contributed by atoms with E-state index >= 15 is 0 Å². The van der Waals surface area contributed by atoms with Crippen molar-refractivity contribution < 1.29 is 14.3 Å². The number of rotatable bonds is 3. The average molecular weight is 338 g/mol. The van der Waals surface area contributed by atoms with Crippen LogP contribution in [0.5, 0.6) is 0 Å². The molecule has 0 fully saturated rings. The average Bonchev–Trinajstić information content (AvgIpc) is 2.28.